The molecule has 3 nitrogen and oxygen atoms in total. The Hall–Kier alpha value is -7.10. The molecule has 0 amide bonds. The van der Waals surface area contributed by atoms with E-state index in [1.807, 2.05) is 0 Å². The normalized spacial score (nSPS) is 11.4. The third-order valence-electron chi connectivity index (χ3n) is 10.4. The van der Waals surface area contributed by atoms with Crippen LogP contribution in [0.1, 0.15) is 0 Å². The Morgan fingerprint density at radius 1 is 0.340 bits per heavy atom. The summed E-state index contributed by atoms with van der Waals surface area (Å²) in [4.78, 5) is 2.34. The zero-order chi connectivity index (χ0) is 35.1. The summed E-state index contributed by atoms with van der Waals surface area (Å²) in [6, 6.07) is 74.0. The molecule has 250 valence electrons. The molecule has 0 saturated carbocycles. The average Bonchev–Trinajstić information content (AvgIpc) is 3.82. The van der Waals surface area contributed by atoms with E-state index in [2.05, 4.69) is 226 Å². The number of nitrogens with zero attached hydrogens (tertiary/aromatic N) is 3. The second kappa shape index (κ2) is 12.9. The first-order chi connectivity index (χ1) is 26.3. The van der Waals surface area contributed by atoms with Crippen LogP contribution in [-0.2, 0) is 0 Å². The predicted octanol–water partition coefficient (Wildman–Crippen LogP) is 13.5. The number of benzene rings is 8. The summed E-state index contributed by atoms with van der Waals surface area (Å²) in [5, 5.41) is 3.73. The molecule has 0 aliphatic rings. The average molecular weight is 678 g/mol. The molecule has 0 N–H and O–H groups in total. The van der Waals surface area contributed by atoms with Crippen LogP contribution in [-0.4, -0.2) is 9.13 Å². The van der Waals surface area contributed by atoms with Crippen molar-refractivity contribution in [2.75, 3.05) is 4.90 Å². The summed E-state index contributed by atoms with van der Waals surface area (Å²) in [5.74, 6) is 0. The highest BCUT2D eigenvalue weighted by molar-refractivity contribution is 6.20. The molecule has 0 aliphatic heterocycles. The van der Waals surface area contributed by atoms with Gasteiger partial charge in [0.1, 0.15) is 0 Å². The van der Waals surface area contributed by atoms with Crippen molar-refractivity contribution in [3.05, 3.63) is 212 Å². The molecule has 0 aliphatic carbocycles. The van der Waals surface area contributed by atoms with Crippen molar-refractivity contribution in [3.8, 4) is 33.6 Å². The van der Waals surface area contributed by atoms with E-state index >= 15 is 0 Å². The van der Waals surface area contributed by atoms with Crippen LogP contribution in [0.2, 0.25) is 0 Å². The van der Waals surface area contributed by atoms with Crippen molar-refractivity contribution in [1.82, 2.24) is 9.13 Å². The van der Waals surface area contributed by atoms with E-state index in [1.54, 1.807) is 0 Å². The molecule has 0 radical (unpaired) electrons. The number of fused-ring (bicyclic) bond motifs is 5. The smallest absolute Gasteiger partial charge is 0.0628 e. The topological polar surface area (TPSA) is 13.1 Å². The number of para-hydroxylation sites is 2. The number of hydrogen-bond donors (Lipinski definition) is 0. The maximum Gasteiger partial charge on any atom is 0.0628 e. The minimum Gasteiger partial charge on any atom is -0.316 e. The third-order valence-corrected chi connectivity index (χ3v) is 10.4. The second-order valence-electron chi connectivity index (χ2n) is 13.4. The van der Waals surface area contributed by atoms with Gasteiger partial charge in [0.2, 0.25) is 0 Å². The van der Waals surface area contributed by atoms with Gasteiger partial charge in [0.25, 0.3) is 0 Å². The molecule has 0 saturated heterocycles. The van der Waals surface area contributed by atoms with E-state index in [9.17, 15) is 0 Å². The van der Waals surface area contributed by atoms with Crippen molar-refractivity contribution in [2.24, 2.45) is 0 Å². The molecular weight excluding hydrogens is 643 g/mol. The van der Waals surface area contributed by atoms with E-state index < -0.39 is 0 Å². The molecule has 0 unspecified atom stereocenters. The number of rotatable bonds is 7. The van der Waals surface area contributed by atoms with Gasteiger partial charge < -0.3 is 14.0 Å². The lowest BCUT2D eigenvalue weighted by Crippen LogP contribution is -2.10. The fourth-order valence-corrected chi connectivity index (χ4v) is 7.83. The largest absolute Gasteiger partial charge is 0.316 e. The molecule has 3 heteroatoms. The molecule has 2 aromatic heterocycles. The molecule has 53 heavy (non-hydrogen) atoms. The molecule has 10 aromatic rings. The molecule has 2 heterocycles. The maximum absolute atomic E-state index is 2.38. The lowest BCUT2D eigenvalue weighted by Gasteiger charge is -2.26. The quantitative estimate of drug-likeness (QED) is 0.164. The summed E-state index contributed by atoms with van der Waals surface area (Å²) < 4.78 is 4.73. The van der Waals surface area contributed by atoms with Gasteiger partial charge in [-0.25, -0.2) is 0 Å². The minimum absolute atomic E-state index is 1.09. The Morgan fingerprint density at radius 2 is 0.830 bits per heavy atom. The number of hydrogen-bond acceptors (Lipinski definition) is 1. The van der Waals surface area contributed by atoms with Crippen molar-refractivity contribution in [2.45, 2.75) is 0 Å². The molecular formula is C50H35N3. The van der Waals surface area contributed by atoms with E-state index in [-0.39, 0.29) is 0 Å². The van der Waals surface area contributed by atoms with Crippen molar-refractivity contribution in [3.63, 3.8) is 0 Å². The Balaban J connectivity index is 1.08. The Morgan fingerprint density at radius 3 is 1.42 bits per heavy atom. The summed E-state index contributed by atoms with van der Waals surface area (Å²) in [6.07, 6.45) is 2.20. The van der Waals surface area contributed by atoms with Gasteiger partial charge in [0, 0.05) is 50.8 Å². The number of aromatic nitrogens is 2. The first kappa shape index (κ1) is 30.7. The Labute approximate surface area is 308 Å². The maximum atomic E-state index is 2.38. The van der Waals surface area contributed by atoms with Gasteiger partial charge in [-0.1, -0.05) is 127 Å². The Bertz CT molecular complexity index is 2750. The van der Waals surface area contributed by atoms with Crippen LogP contribution in [0.15, 0.2) is 212 Å². The first-order valence-electron chi connectivity index (χ1n) is 18.1. The standard InChI is InChI=1S/C50H35N3/c1-4-12-36(13-5-1)38-20-25-43(26-21-38)52(44-27-22-39(23-28-44)37-14-6-2-7-15-37)45-31-29-41(30-32-45)51-35-34-40-24-33-48-49(50(40)51)46-18-10-11-19-47(46)53(48)42-16-8-3-9-17-42/h1-35H. The fraction of sp³-hybridized carbons (Fsp3) is 0. The molecule has 10 rings (SSSR count). The summed E-state index contributed by atoms with van der Waals surface area (Å²) in [7, 11) is 0. The van der Waals surface area contributed by atoms with Gasteiger partial charge in [0.05, 0.1) is 16.6 Å². The zero-order valence-electron chi connectivity index (χ0n) is 29.0. The SMILES string of the molecule is c1ccc(-c2ccc(N(c3ccc(-c4ccccc4)cc3)c3ccc(-n4ccc5ccc6c(c7ccccc7n6-c6ccccc6)c54)cc3)cc2)cc1. The van der Waals surface area contributed by atoms with Gasteiger partial charge in [0.15, 0.2) is 0 Å². The Kier molecular flexibility index (Phi) is 7.47. The highest BCUT2D eigenvalue weighted by atomic mass is 15.1. The number of anilines is 3. The van der Waals surface area contributed by atoms with E-state index in [0.29, 0.717) is 0 Å². The first-order valence-corrected chi connectivity index (χ1v) is 18.1. The highest BCUT2D eigenvalue weighted by Crippen LogP contribution is 2.40. The van der Waals surface area contributed by atoms with Crippen LogP contribution in [0.3, 0.4) is 0 Å². The van der Waals surface area contributed by atoms with Crippen LogP contribution in [0.4, 0.5) is 17.1 Å². The van der Waals surface area contributed by atoms with Crippen LogP contribution < -0.4 is 4.90 Å². The van der Waals surface area contributed by atoms with Gasteiger partial charge >= 0.3 is 0 Å². The monoisotopic (exact) mass is 677 g/mol. The molecule has 0 fully saturated rings. The zero-order valence-corrected chi connectivity index (χ0v) is 29.0. The van der Waals surface area contributed by atoms with Gasteiger partial charge in [-0.3, -0.25) is 0 Å². The van der Waals surface area contributed by atoms with Crippen molar-refractivity contribution < 1.29 is 0 Å². The molecule has 0 bridgehead atoms. The summed E-state index contributed by atoms with van der Waals surface area (Å²) in [6.45, 7) is 0. The van der Waals surface area contributed by atoms with E-state index in [0.717, 1.165) is 28.4 Å². The predicted molar refractivity (Wildman–Crippen MR) is 223 cm³/mol. The lowest BCUT2D eigenvalue weighted by molar-refractivity contribution is 1.13. The van der Waals surface area contributed by atoms with Gasteiger partial charge in [-0.15, -0.1) is 0 Å². The van der Waals surface area contributed by atoms with Crippen molar-refractivity contribution in [1.29, 1.82) is 0 Å². The molecule has 0 atom stereocenters. The van der Waals surface area contributed by atoms with Gasteiger partial charge in [-0.2, -0.15) is 0 Å². The fourth-order valence-electron chi connectivity index (χ4n) is 7.83. The van der Waals surface area contributed by atoms with Gasteiger partial charge in [-0.05, 0) is 101 Å². The highest BCUT2D eigenvalue weighted by Gasteiger charge is 2.18. The third kappa shape index (κ3) is 5.38. The van der Waals surface area contributed by atoms with Crippen LogP contribution >= 0.6 is 0 Å². The van der Waals surface area contributed by atoms with Crippen LogP contribution in [0.25, 0.3) is 66.3 Å². The summed E-state index contributed by atoms with van der Waals surface area (Å²) >= 11 is 0. The minimum atomic E-state index is 1.09. The second-order valence-corrected chi connectivity index (χ2v) is 13.4. The molecule has 8 aromatic carbocycles. The lowest BCUT2D eigenvalue weighted by atomic mass is 10.0. The van der Waals surface area contributed by atoms with Crippen LogP contribution in [0.5, 0.6) is 0 Å². The van der Waals surface area contributed by atoms with E-state index in [1.165, 1.54) is 55.0 Å². The molecule has 0 spiro atoms. The van der Waals surface area contributed by atoms with E-state index in [4.69, 9.17) is 0 Å². The summed E-state index contributed by atoms with van der Waals surface area (Å²) in [5.41, 5.74) is 14.0. The van der Waals surface area contributed by atoms with Crippen LogP contribution in [0, 0.1) is 0 Å². The van der Waals surface area contributed by atoms with Crippen molar-refractivity contribution >= 4 is 49.8 Å².